The fraction of sp³-hybridized carbons (Fsp3) is 0.278. The van der Waals surface area contributed by atoms with Crippen LogP contribution in [0, 0.1) is 0 Å². The van der Waals surface area contributed by atoms with E-state index in [4.69, 9.17) is 27.9 Å². The summed E-state index contributed by atoms with van der Waals surface area (Å²) in [6.45, 7) is 1.64. The maximum atomic E-state index is 12.6. The minimum atomic E-state index is -0.669. The number of aryl methyl sites for hydroxylation is 1. The Morgan fingerprint density at radius 3 is 2.84 bits per heavy atom. The molecule has 1 atom stereocenters. The van der Waals surface area contributed by atoms with E-state index in [1.807, 2.05) is 31.2 Å². The van der Waals surface area contributed by atoms with Crippen molar-refractivity contribution in [3.63, 3.8) is 0 Å². The van der Waals surface area contributed by atoms with Crippen molar-refractivity contribution in [1.82, 2.24) is 4.98 Å². The van der Waals surface area contributed by atoms with E-state index in [0.717, 1.165) is 24.1 Å². The third-order valence-corrected chi connectivity index (χ3v) is 4.84. The monoisotopic (exact) mass is 378 g/mol. The molecule has 1 unspecified atom stereocenters. The minimum absolute atomic E-state index is 0.0488. The molecule has 0 spiro atoms. The lowest BCUT2D eigenvalue weighted by atomic mass is 9.96. The molecule has 1 amide bonds. The Morgan fingerprint density at radius 1 is 1.32 bits per heavy atom. The fourth-order valence-electron chi connectivity index (χ4n) is 2.88. The molecule has 0 saturated carbocycles. The molecule has 1 aromatic heterocycles. The van der Waals surface area contributed by atoms with E-state index in [9.17, 15) is 9.59 Å². The van der Waals surface area contributed by atoms with E-state index in [1.165, 1.54) is 12.3 Å². The minimum Gasteiger partial charge on any atom is -0.452 e. The molecule has 25 heavy (non-hydrogen) atoms. The Morgan fingerprint density at radius 2 is 2.08 bits per heavy atom. The van der Waals surface area contributed by atoms with Crippen LogP contribution < -0.4 is 4.90 Å². The molecule has 0 aliphatic carbocycles. The molecule has 0 radical (unpaired) electrons. The number of halogens is 2. The second-order valence-electron chi connectivity index (χ2n) is 5.85. The molecular weight excluding hydrogens is 363 g/mol. The summed E-state index contributed by atoms with van der Waals surface area (Å²) in [5.41, 5.74) is 2.14. The number of amides is 1. The summed E-state index contributed by atoms with van der Waals surface area (Å²) in [4.78, 5) is 30.2. The van der Waals surface area contributed by atoms with Crippen molar-refractivity contribution in [3.8, 4) is 0 Å². The highest BCUT2D eigenvalue weighted by molar-refractivity contribution is 6.41. The maximum absolute atomic E-state index is 12.6. The van der Waals surface area contributed by atoms with Gasteiger partial charge in [-0.05, 0) is 37.5 Å². The largest absolute Gasteiger partial charge is 0.452 e. The zero-order valence-corrected chi connectivity index (χ0v) is 15.0. The van der Waals surface area contributed by atoms with Gasteiger partial charge in [-0.15, -0.1) is 0 Å². The first kappa shape index (κ1) is 17.7. The van der Waals surface area contributed by atoms with Gasteiger partial charge in [0.15, 0.2) is 6.61 Å². The lowest BCUT2D eigenvalue weighted by Crippen LogP contribution is -2.44. The first-order chi connectivity index (χ1) is 12.0. The summed E-state index contributed by atoms with van der Waals surface area (Å²) >= 11 is 11.6. The molecule has 7 heteroatoms. The van der Waals surface area contributed by atoms with Crippen molar-refractivity contribution in [2.24, 2.45) is 0 Å². The van der Waals surface area contributed by atoms with Gasteiger partial charge in [0, 0.05) is 17.9 Å². The van der Waals surface area contributed by atoms with Crippen LogP contribution in [-0.4, -0.2) is 29.5 Å². The number of hydrogen-bond acceptors (Lipinski definition) is 4. The predicted octanol–water partition coefficient (Wildman–Crippen LogP) is 3.91. The van der Waals surface area contributed by atoms with Crippen LogP contribution in [0.2, 0.25) is 10.2 Å². The van der Waals surface area contributed by atoms with Crippen LogP contribution in [0.4, 0.5) is 5.69 Å². The van der Waals surface area contributed by atoms with Gasteiger partial charge in [0.25, 0.3) is 5.91 Å². The van der Waals surface area contributed by atoms with Gasteiger partial charge in [-0.3, -0.25) is 4.79 Å². The quantitative estimate of drug-likeness (QED) is 0.599. The molecular formula is C18H16Cl2N2O3. The van der Waals surface area contributed by atoms with Crippen LogP contribution in [-0.2, 0) is 16.0 Å². The number of pyridine rings is 1. The molecule has 0 bridgehead atoms. The summed E-state index contributed by atoms with van der Waals surface area (Å²) in [7, 11) is 0. The van der Waals surface area contributed by atoms with Gasteiger partial charge in [-0.1, -0.05) is 41.4 Å². The summed E-state index contributed by atoms with van der Waals surface area (Å²) in [6, 6.07) is 9.18. The Bertz CT molecular complexity index is 826. The molecule has 3 rings (SSSR count). The predicted molar refractivity (Wildman–Crippen MR) is 96.3 cm³/mol. The van der Waals surface area contributed by atoms with Crippen molar-refractivity contribution >= 4 is 40.8 Å². The van der Waals surface area contributed by atoms with Crippen LogP contribution in [0.25, 0.3) is 0 Å². The Balaban J connectivity index is 1.70. The number of para-hydroxylation sites is 1. The number of nitrogens with zero attached hydrogens (tertiary/aromatic N) is 2. The SMILES string of the molecule is CC1CCc2ccccc2N1C(=O)COC(=O)c1cnc(Cl)c(Cl)c1. The van der Waals surface area contributed by atoms with Crippen molar-refractivity contribution in [2.75, 3.05) is 11.5 Å². The third kappa shape index (κ3) is 3.78. The lowest BCUT2D eigenvalue weighted by molar-refractivity contribution is -0.122. The molecule has 2 heterocycles. The number of rotatable bonds is 3. The first-order valence-corrected chi connectivity index (χ1v) is 8.61. The Labute approximate surface area is 155 Å². The molecule has 1 aromatic carbocycles. The molecule has 5 nitrogen and oxygen atoms in total. The number of carbonyl (C=O) groups is 2. The maximum Gasteiger partial charge on any atom is 0.340 e. The molecule has 130 valence electrons. The highest BCUT2D eigenvalue weighted by Crippen LogP contribution is 2.30. The van der Waals surface area contributed by atoms with E-state index < -0.39 is 5.97 Å². The number of carbonyl (C=O) groups excluding carboxylic acids is 2. The van der Waals surface area contributed by atoms with Gasteiger partial charge in [-0.25, -0.2) is 9.78 Å². The third-order valence-electron chi connectivity index (χ3n) is 4.15. The van der Waals surface area contributed by atoms with E-state index in [-0.39, 0.29) is 34.3 Å². The van der Waals surface area contributed by atoms with Gasteiger partial charge >= 0.3 is 5.97 Å². The number of ether oxygens (including phenoxy) is 1. The fourth-order valence-corrected chi connectivity index (χ4v) is 3.15. The average molecular weight is 379 g/mol. The normalized spacial score (nSPS) is 16.3. The van der Waals surface area contributed by atoms with Crippen molar-refractivity contribution in [1.29, 1.82) is 0 Å². The van der Waals surface area contributed by atoms with Gasteiger partial charge in [-0.2, -0.15) is 0 Å². The van der Waals surface area contributed by atoms with Crippen molar-refractivity contribution in [2.45, 2.75) is 25.8 Å². The standard InChI is InChI=1S/C18H16Cl2N2O3/c1-11-6-7-12-4-2-3-5-15(12)22(11)16(23)10-25-18(24)13-8-14(19)17(20)21-9-13/h2-5,8-9,11H,6-7,10H2,1H3. The van der Waals surface area contributed by atoms with Gasteiger partial charge < -0.3 is 9.64 Å². The zero-order valence-electron chi connectivity index (χ0n) is 13.5. The molecule has 1 aliphatic heterocycles. The molecule has 0 saturated heterocycles. The second kappa shape index (κ2) is 7.42. The van der Waals surface area contributed by atoms with Crippen LogP contribution in [0.3, 0.4) is 0 Å². The van der Waals surface area contributed by atoms with E-state index in [0.29, 0.717) is 0 Å². The number of aromatic nitrogens is 1. The van der Waals surface area contributed by atoms with Gasteiger partial charge in [0.2, 0.25) is 0 Å². The summed E-state index contributed by atoms with van der Waals surface area (Å²) in [5, 5.41) is 0.258. The molecule has 0 fully saturated rings. The summed E-state index contributed by atoms with van der Waals surface area (Å²) in [6.07, 6.45) is 3.06. The van der Waals surface area contributed by atoms with E-state index in [2.05, 4.69) is 4.98 Å². The van der Waals surface area contributed by atoms with Crippen LogP contribution in [0.5, 0.6) is 0 Å². The number of benzene rings is 1. The number of esters is 1. The second-order valence-corrected chi connectivity index (χ2v) is 6.62. The van der Waals surface area contributed by atoms with E-state index >= 15 is 0 Å². The number of anilines is 1. The van der Waals surface area contributed by atoms with Gasteiger partial charge in [0.05, 0.1) is 10.6 Å². The lowest BCUT2D eigenvalue weighted by Gasteiger charge is -2.35. The number of fused-ring (bicyclic) bond motifs is 1. The smallest absolute Gasteiger partial charge is 0.340 e. The zero-order chi connectivity index (χ0) is 18.0. The Hall–Kier alpha value is -2.11. The van der Waals surface area contributed by atoms with Crippen LogP contribution in [0.1, 0.15) is 29.3 Å². The summed E-state index contributed by atoms with van der Waals surface area (Å²) in [5.74, 6) is -0.932. The Kier molecular flexibility index (Phi) is 5.25. The summed E-state index contributed by atoms with van der Waals surface area (Å²) < 4.78 is 5.13. The first-order valence-electron chi connectivity index (χ1n) is 7.85. The van der Waals surface area contributed by atoms with Crippen LogP contribution >= 0.6 is 23.2 Å². The van der Waals surface area contributed by atoms with Crippen molar-refractivity contribution in [3.05, 3.63) is 57.8 Å². The topological polar surface area (TPSA) is 59.5 Å². The highest BCUT2D eigenvalue weighted by atomic mass is 35.5. The molecule has 2 aromatic rings. The van der Waals surface area contributed by atoms with E-state index in [1.54, 1.807) is 4.90 Å². The molecule has 0 N–H and O–H groups in total. The number of hydrogen-bond donors (Lipinski definition) is 0. The van der Waals surface area contributed by atoms with Crippen LogP contribution in [0.15, 0.2) is 36.5 Å². The molecule has 1 aliphatic rings. The van der Waals surface area contributed by atoms with Gasteiger partial charge in [0.1, 0.15) is 5.15 Å². The highest BCUT2D eigenvalue weighted by Gasteiger charge is 2.28. The average Bonchev–Trinajstić information content (AvgIpc) is 2.61. The van der Waals surface area contributed by atoms with Crippen molar-refractivity contribution < 1.29 is 14.3 Å².